The molecule has 0 unspecified atom stereocenters. The molecule has 0 aromatic carbocycles. The maximum Gasteiger partial charge on any atom is 0.327 e. The fourth-order valence-corrected chi connectivity index (χ4v) is 0.258. The Morgan fingerprint density at radius 2 is 1.38 bits per heavy atom. The Morgan fingerprint density at radius 1 is 1.12 bits per heavy atom. The van der Waals surface area contributed by atoms with Gasteiger partial charge < -0.3 is 20.4 Å². The fourth-order valence-electron chi connectivity index (χ4n) is 0.258. The van der Waals surface area contributed by atoms with E-state index in [-0.39, 0.29) is 0 Å². The second-order valence-electron chi connectivity index (χ2n) is 2.35. The molecule has 94 valence electrons. The Morgan fingerprint density at radius 3 is 1.38 bits per heavy atom. The Labute approximate surface area is 94.2 Å². The van der Waals surface area contributed by atoms with E-state index < -0.39 is 18.2 Å². The monoisotopic (exact) mass is 234 g/mol. The molecule has 0 rings (SSSR count). The standard InChI is InChI=1S/C4H10O2.2C3H4O2/c1-2-3-4(5)6;2*1-2-3(4)5/h4-6H,2-3H2,1H3;2*2H,1H2,(H,4,5). The van der Waals surface area contributed by atoms with Crippen LogP contribution >= 0.6 is 0 Å². The predicted octanol–water partition coefficient (Wildman–Crippen LogP) is 0.611. The van der Waals surface area contributed by atoms with Gasteiger partial charge in [0.2, 0.25) is 0 Å². The summed E-state index contributed by atoms with van der Waals surface area (Å²) in [6.45, 7) is 7.82. The minimum Gasteiger partial charge on any atom is -0.478 e. The molecule has 0 radical (unpaired) electrons. The molecular weight excluding hydrogens is 216 g/mol. The van der Waals surface area contributed by atoms with Crippen molar-refractivity contribution in [2.75, 3.05) is 0 Å². The lowest BCUT2D eigenvalue weighted by atomic mass is 10.3. The summed E-state index contributed by atoms with van der Waals surface area (Å²) in [5, 5.41) is 31.4. The molecule has 6 heteroatoms. The minimum absolute atomic E-state index is 0.486. The summed E-state index contributed by atoms with van der Waals surface area (Å²) in [6, 6.07) is 0. The zero-order chi connectivity index (χ0) is 13.6. The van der Waals surface area contributed by atoms with E-state index in [1.807, 2.05) is 6.92 Å². The van der Waals surface area contributed by atoms with E-state index in [9.17, 15) is 9.59 Å². The summed E-state index contributed by atoms with van der Waals surface area (Å²) in [5.41, 5.74) is 0. The van der Waals surface area contributed by atoms with Crippen LogP contribution in [0.4, 0.5) is 0 Å². The van der Waals surface area contributed by atoms with Crippen molar-refractivity contribution in [2.45, 2.75) is 26.1 Å². The Hall–Kier alpha value is -1.66. The number of carboxylic acid groups (broad SMARTS) is 2. The van der Waals surface area contributed by atoms with Gasteiger partial charge in [0.25, 0.3) is 0 Å². The highest BCUT2D eigenvalue weighted by Gasteiger charge is 1.89. The molecule has 6 nitrogen and oxygen atoms in total. The van der Waals surface area contributed by atoms with Crippen LogP contribution in [0.15, 0.2) is 25.3 Å². The number of carboxylic acids is 2. The third-order valence-electron chi connectivity index (χ3n) is 0.896. The van der Waals surface area contributed by atoms with Crippen molar-refractivity contribution in [1.82, 2.24) is 0 Å². The van der Waals surface area contributed by atoms with Gasteiger partial charge in [-0.05, 0) is 6.42 Å². The second kappa shape index (κ2) is 15.8. The zero-order valence-electron chi connectivity index (χ0n) is 9.17. The van der Waals surface area contributed by atoms with Crippen molar-refractivity contribution in [3.05, 3.63) is 25.3 Å². The quantitative estimate of drug-likeness (QED) is 0.418. The summed E-state index contributed by atoms with van der Waals surface area (Å²) < 4.78 is 0. The molecule has 0 bridgehead atoms. The smallest absolute Gasteiger partial charge is 0.327 e. The van der Waals surface area contributed by atoms with Crippen LogP contribution < -0.4 is 0 Å². The van der Waals surface area contributed by atoms with E-state index in [0.29, 0.717) is 6.42 Å². The second-order valence-corrected chi connectivity index (χ2v) is 2.35. The highest BCUT2D eigenvalue weighted by atomic mass is 16.5. The minimum atomic E-state index is -1.10. The van der Waals surface area contributed by atoms with E-state index >= 15 is 0 Å². The average Bonchev–Trinajstić information content (AvgIpc) is 2.19. The van der Waals surface area contributed by atoms with E-state index in [0.717, 1.165) is 18.6 Å². The van der Waals surface area contributed by atoms with E-state index in [1.54, 1.807) is 0 Å². The van der Waals surface area contributed by atoms with Crippen molar-refractivity contribution >= 4 is 11.9 Å². The van der Waals surface area contributed by atoms with Gasteiger partial charge in [-0.1, -0.05) is 26.5 Å². The highest BCUT2D eigenvalue weighted by Crippen LogP contribution is 1.88. The lowest BCUT2D eigenvalue weighted by Crippen LogP contribution is -2.01. The summed E-state index contributed by atoms with van der Waals surface area (Å²) in [6.07, 6.45) is 1.88. The van der Waals surface area contributed by atoms with Crippen LogP contribution in [-0.4, -0.2) is 38.7 Å². The molecule has 0 aromatic rings. The first-order valence-electron chi connectivity index (χ1n) is 4.38. The van der Waals surface area contributed by atoms with Gasteiger partial charge in [-0.2, -0.15) is 0 Å². The van der Waals surface area contributed by atoms with Gasteiger partial charge in [-0.25, -0.2) is 9.59 Å². The third-order valence-corrected chi connectivity index (χ3v) is 0.896. The molecule has 0 aliphatic rings. The number of aliphatic hydroxyl groups excluding tert-OH is 1. The molecule has 0 saturated carbocycles. The van der Waals surface area contributed by atoms with Crippen LogP contribution in [0.5, 0.6) is 0 Å². The zero-order valence-corrected chi connectivity index (χ0v) is 9.17. The Kier molecular flexibility index (Phi) is 19.6. The summed E-state index contributed by atoms with van der Waals surface area (Å²) in [5.74, 6) is -1.96. The highest BCUT2D eigenvalue weighted by molar-refractivity contribution is 5.79. The largest absolute Gasteiger partial charge is 0.478 e. The van der Waals surface area contributed by atoms with Crippen LogP contribution in [0.2, 0.25) is 0 Å². The van der Waals surface area contributed by atoms with Crippen LogP contribution in [0, 0.1) is 0 Å². The van der Waals surface area contributed by atoms with Crippen LogP contribution in [0.3, 0.4) is 0 Å². The molecule has 0 atom stereocenters. The number of hydrogen-bond donors (Lipinski definition) is 4. The molecule has 0 heterocycles. The number of rotatable bonds is 4. The number of hydrogen-bond acceptors (Lipinski definition) is 4. The third kappa shape index (κ3) is 55.6. The van der Waals surface area contributed by atoms with Gasteiger partial charge in [-0.15, -0.1) is 0 Å². The summed E-state index contributed by atoms with van der Waals surface area (Å²) >= 11 is 0. The van der Waals surface area contributed by atoms with Gasteiger partial charge in [0.1, 0.15) is 0 Å². The first-order chi connectivity index (χ1) is 7.31. The molecule has 0 aliphatic carbocycles. The van der Waals surface area contributed by atoms with Gasteiger partial charge in [0, 0.05) is 12.2 Å². The molecule has 0 spiro atoms. The average molecular weight is 234 g/mol. The summed E-state index contributed by atoms with van der Waals surface area (Å²) in [4.78, 5) is 18.5. The molecule has 0 aliphatic heterocycles. The number of carbonyl (C=O) groups is 2. The first-order valence-corrected chi connectivity index (χ1v) is 4.38. The van der Waals surface area contributed by atoms with Crippen molar-refractivity contribution in [3.8, 4) is 0 Å². The van der Waals surface area contributed by atoms with Crippen molar-refractivity contribution in [2.24, 2.45) is 0 Å². The molecule has 0 fully saturated rings. The normalized spacial score (nSPS) is 7.75. The molecular formula is C10H18O6. The van der Waals surface area contributed by atoms with Crippen molar-refractivity contribution < 1.29 is 30.0 Å². The van der Waals surface area contributed by atoms with E-state index in [2.05, 4.69) is 13.2 Å². The van der Waals surface area contributed by atoms with Gasteiger partial charge in [-0.3, -0.25) is 0 Å². The lowest BCUT2D eigenvalue weighted by molar-refractivity contribution is -0.132. The Bertz CT molecular complexity index is 191. The SMILES string of the molecule is C=CC(=O)O.C=CC(=O)O.CCCC(O)O. The van der Waals surface area contributed by atoms with Crippen molar-refractivity contribution in [1.29, 1.82) is 0 Å². The predicted molar refractivity (Wildman–Crippen MR) is 58.8 cm³/mol. The number of aliphatic carboxylic acids is 2. The van der Waals surface area contributed by atoms with Gasteiger partial charge in [0.05, 0.1) is 0 Å². The van der Waals surface area contributed by atoms with Crippen LogP contribution in [0.25, 0.3) is 0 Å². The van der Waals surface area contributed by atoms with Gasteiger partial charge >= 0.3 is 11.9 Å². The molecule has 0 saturated heterocycles. The molecule has 0 aromatic heterocycles. The lowest BCUT2D eigenvalue weighted by Gasteiger charge is -1.94. The molecule has 0 amide bonds. The van der Waals surface area contributed by atoms with E-state index in [1.165, 1.54) is 0 Å². The van der Waals surface area contributed by atoms with Crippen LogP contribution in [0.1, 0.15) is 19.8 Å². The summed E-state index contributed by atoms with van der Waals surface area (Å²) in [7, 11) is 0. The fraction of sp³-hybridized carbons (Fsp3) is 0.400. The molecule has 16 heavy (non-hydrogen) atoms. The maximum absolute atomic E-state index is 9.25. The van der Waals surface area contributed by atoms with Gasteiger partial charge in [0.15, 0.2) is 6.29 Å². The number of aliphatic hydroxyl groups is 2. The first kappa shape index (κ1) is 19.8. The Balaban J connectivity index is -0.000000160. The topological polar surface area (TPSA) is 115 Å². The molecule has 4 N–H and O–H groups in total. The van der Waals surface area contributed by atoms with E-state index in [4.69, 9.17) is 20.4 Å². The van der Waals surface area contributed by atoms with Crippen molar-refractivity contribution in [3.63, 3.8) is 0 Å². The maximum atomic E-state index is 9.25. The van der Waals surface area contributed by atoms with Crippen LogP contribution in [-0.2, 0) is 9.59 Å².